The second kappa shape index (κ2) is 7.69. The summed E-state index contributed by atoms with van der Waals surface area (Å²) in [6.45, 7) is 0. The third kappa shape index (κ3) is 3.01. The van der Waals surface area contributed by atoms with E-state index in [1.54, 1.807) is 54.6 Å². The van der Waals surface area contributed by atoms with E-state index in [-0.39, 0.29) is 16.8 Å². The summed E-state index contributed by atoms with van der Waals surface area (Å²) >= 11 is 6.00. The molecular formula is C24H17ClN2O5. The summed E-state index contributed by atoms with van der Waals surface area (Å²) in [5, 5.41) is 0.830. The number of benzene rings is 2. The Balaban J connectivity index is 1.80. The highest BCUT2D eigenvalue weighted by atomic mass is 35.5. The van der Waals surface area contributed by atoms with Crippen molar-refractivity contribution in [3.63, 3.8) is 0 Å². The van der Waals surface area contributed by atoms with E-state index in [0.29, 0.717) is 38.9 Å². The van der Waals surface area contributed by atoms with E-state index in [9.17, 15) is 9.59 Å². The Morgan fingerprint density at radius 1 is 1.00 bits per heavy atom. The number of methoxy groups -OCH3 is 2. The molecule has 1 aliphatic heterocycles. The van der Waals surface area contributed by atoms with Gasteiger partial charge in [-0.2, -0.15) is 0 Å². The van der Waals surface area contributed by atoms with Gasteiger partial charge in [-0.05, 0) is 42.0 Å². The Labute approximate surface area is 187 Å². The van der Waals surface area contributed by atoms with Gasteiger partial charge >= 0.3 is 0 Å². The Morgan fingerprint density at radius 3 is 2.50 bits per heavy atom. The van der Waals surface area contributed by atoms with Crippen molar-refractivity contribution >= 4 is 34.3 Å². The fourth-order valence-electron chi connectivity index (χ4n) is 4.00. The first-order chi connectivity index (χ1) is 15.5. The molecular weight excluding hydrogens is 432 g/mol. The van der Waals surface area contributed by atoms with Crippen LogP contribution in [0.25, 0.3) is 11.0 Å². The maximum atomic E-state index is 13.5. The second-order valence-electron chi connectivity index (χ2n) is 7.20. The molecule has 2 aromatic carbocycles. The maximum Gasteiger partial charge on any atom is 0.296 e. The molecule has 0 fully saturated rings. The third-order valence-electron chi connectivity index (χ3n) is 5.46. The van der Waals surface area contributed by atoms with Crippen LogP contribution in [0.4, 0.5) is 5.82 Å². The summed E-state index contributed by atoms with van der Waals surface area (Å²) in [6, 6.07) is 14.6. The summed E-state index contributed by atoms with van der Waals surface area (Å²) in [5.74, 6) is 0.874. The number of pyridine rings is 1. The van der Waals surface area contributed by atoms with Crippen LogP contribution < -0.4 is 19.8 Å². The molecule has 0 N–H and O–H groups in total. The highest BCUT2D eigenvalue weighted by Gasteiger charge is 2.44. The number of rotatable bonds is 4. The first-order valence-corrected chi connectivity index (χ1v) is 10.1. The van der Waals surface area contributed by atoms with Crippen LogP contribution in [0.5, 0.6) is 11.5 Å². The summed E-state index contributed by atoms with van der Waals surface area (Å²) in [5.41, 5.74) is 0.972. The molecule has 1 amide bonds. The van der Waals surface area contributed by atoms with Crippen LogP contribution in [0.3, 0.4) is 0 Å². The fraction of sp³-hybridized carbons (Fsp3) is 0.125. The first-order valence-electron chi connectivity index (χ1n) is 9.76. The van der Waals surface area contributed by atoms with Crippen LogP contribution in [0.15, 0.2) is 70.0 Å². The highest BCUT2D eigenvalue weighted by Crippen LogP contribution is 2.42. The molecule has 32 heavy (non-hydrogen) atoms. The summed E-state index contributed by atoms with van der Waals surface area (Å²) in [6.07, 6.45) is 1.45. The number of para-hydroxylation sites is 1. The lowest BCUT2D eigenvalue weighted by atomic mass is 9.98. The number of hydrogen-bond acceptors (Lipinski definition) is 6. The lowest BCUT2D eigenvalue weighted by Gasteiger charge is -2.24. The molecule has 0 spiro atoms. The van der Waals surface area contributed by atoms with Crippen molar-refractivity contribution in [2.75, 3.05) is 19.1 Å². The first kappa shape index (κ1) is 20.1. The standard InChI is InChI=1S/C24H17ClN2O5/c1-30-17-9-7-13(11-18(17)31-2)21-20-22(28)15-5-3-4-6-16(15)32-23(20)24(29)27(21)19-10-8-14(25)12-26-19/h3-12,21H,1-2H3/t21-/m0/s1. The number of carbonyl (C=O) groups excluding carboxylic acids is 1. The Kier molecular flexibility index (Phi) is 4.83. The van der Waals surface area contributed by atoms with E-state index >= 15 is 0 Å². The van der Waals surface area contributed by atoms with Gasteiger partial charge in [-0.25, -0.2) is 4.98 Å². The number of halogens is 1. The van der Waals surface area contributed by atoms with Crippen molar-refractivity contribution in [1.29, 1.82) is 0 Å². The van der Waals surface area contributed by atoms with Crippen molar-refractivity contribution in [2.24, 2.45) is 0 Å². The minimum atomic E-state index is -0.771. The van der Waals surface area contributed by atoms with Crippen molar-refractivity contribution in [1.82, 2.24) is 4.98 Å². The van der Waals surface area contributed by atoms with Gasteiger partial charge in [-0.1, -0.05) is 29.8 Å². The second-order valence-corrected chi connectivity index (χ2v) is 7.63. The summed E-state index contributed by atoms with van der Waals surface area (Å²) < 4.78 is 16.7. The lowest BCUT2D eigenvalue weighted by Crippen LogP contribution is -2.30. The van der Waals surface area contributed by atoms with Crippen molar-refractivity contribution in [3.8, 4) is 11.5 Å². The molecule has 0 radical (unpaired) electrons. The maximum absolute atomic E-state index is 13.5. The van der Waals surface area contributed by atoms with Crippen molar-refractivity contribution in [2.45, 2.75) is 6.04 Å². The number of hydrogen-bond donors (Lipinski definition) is 0. The van der Waals surface area contributed by atoms with E-state index in [4.69, 9.17) is 25.5 Å². The van der Waals surface area contributed by atoms with E-state index < -0.39 is 11.9 Å². The molecule has 8 heteroatoms. The van der Waals surface area contributed by atoms with Gasteiger partial charge < -0.3 is 13.9 Å². The summed E-state index contributed by atoms with van der Waals surface area (Å²) in [7, 11) is 3.06. The largest absolute Gasteiger partial charge is 0.493 e. The number of anilines is 1. The van der Waals surface area contributed by atoms with Gasteiger partial charge in [0.2, 0.25) is 5.76 Å². The number of aromatic nitrogens is 1. The molecule has 5 rings (SSSR count). The van der Waals surface area contributed by atoms with Gasteiger partial charge in [0.25, 0.3) is 5.91 Å². The van der Waals surface area contributed by atoms with Gasteiger partial charge in [0.05, 0.1) is 36.2 Å². The number of ether oxygens (including phenoxy) is 2. The van der Waals surface area contributed by atoms with Gasteiger partial charge in [-0.15, -0.1) is 0 Å². The quantitative estimate of drug-likeness (QED) is 0.453. The zero-order valence-electron chi connectivity index (χ0n) is 17.2. The number of fused-ring (bicyclic) bond motifs is 2. The zero-order chi connectivity index (χ0) is 22.4. The van der Waals surface area contributed by atoms with Crippen molar-refractivity contribution < 1.29 is 18.7 Å². The smallest absolute Gasteiger partial charge is 0.296 e. The van der Waals surface area contributed by atoms with Gasteiger partial charge in [0.15, 0.2) is 16.9 Å². The molecule has 2 aromatic heterocycles. The average molecular weight is 449 g/mol. The van der Waals surface area contributed by atoms with Crippen molar-refractivity contribution in [3.05, 3.63) is 92.9 Å². The normalized spacial score (nSPS) is 15.2. The molecule has 4 aromatic rings. The average Bonchev–Trinajstić information content (AvgIpc) is 3.12. The predicted molar refractivity (Wildman–Crippen MR) is 120 cm³/mol. The Hall–Kier alpha value is -3.84. The molecule has 1 aliphatic rings. The monoisotopic (exact) mass is 448 g/mol. The van der Waals surface area contributed by atoms with Gasteiger partial charge in [0.1, 0.15) is 11.4 Å². The minimum absolute atomic E-state index is 0.00904. The molecule has 1 atom stereocenters. The molecule has 160 valence electrons. The molecule has 0 aliphatic carbocycles. The van der Waals surface area contributed by atoms with E-state index in [1.807, 2.05) is 0 Å². The van der Waals surface area contributed by atoms with E-state index in [1.165, 1.54) is 25.3 Å². The lowest BCUT2D eigenvalue weighted by molar-refractivity contribution is 0.0970. The van der Waals surface area contributed by atoms with Crippen LogP contribution in [0.1, 0.15) is 27.7 Å². The Bertz CT molecular complexity index is 1410. The van der Waals surface area contributed by atoms with Crippen LogP contribution in [-0.4, -0.2) is 25.1 Å². The molecule has 3 heterocycles. The fourth-order valence-corrected chi connectivity index (χ4v) is 4.12. The molecule has 0 saturated heterocycles. The van der Waals surface area contributed by atoms with Crippen LogP contribution in [0.2, 0.25) is 5.02 Å². The minimum Gasteiger partial charge on any atom is -0.493 e. The van der Waals surface area contributed by atoms with E-state index in [0.717, 1.165) is 0 Å². The number of amides is 1. The number of carbonyl (C=O) groups is 1. The van der Waals surface area contributed by atoms with Crippen LogP contribution in [0, 0.1) is 0 Å². The highest BCUT2D eigenvalue weighted by molar-refractivity contribution is 6.30. The summed E-state index contributed by atoms with van der Waals surface area (Å²) in [4.78, 5) is 32.8. The number of nitrogens with zero attached hydrogens (tertiary/aromatic N) is 2. The third-order valence-corrected chi connectivity index (χ3v) is 5.68. The SMILES string of the molecule is COc1ccc([C@H]2c3c(oc4ccccc4c3=O)C(=O)N2c2ccc(Cl)cn2)cc1OC. The molecule has 0 bridgehead atoms. The van der Waals surface area contributed by atoms with Gasteiger partial charge in [-0.3, -0.25) is 14.5 Å². The molecule has 0 saturated carbocycles. The zero-order valence-corrected chi connectivity index (χ0v) is 17.9. The molecule has 7 nitrogen and oxygen atoms in total. The Morgan fingerprint density at radius 2 is 1.78 bits per heavy atom. The van der Waals surface area contributed by atoms with E-state index in [2.05, 4.69) is 4.98 Å². The molecule has 0 unspecified atom stereocenters. The van der Waals surface area contributed by atoms with Crippen LogP contribution >= 0.6 is 11.6 Å². The topological polar surface area (TPSA) is 81.9 Å². The van der Waals surface area contributed by atoms with Gasteiger partial charge in [0, 0.05) is 6.20 Å². The predicted octanol–water partition coefficient (Wildman–Crippen LogP) is 4.61. The van der Waals surface area contributed by atoms with Crippen LogP contribution in [-0.2, 0) is 0 Å².